The second-order valence-corrected chi connectivity index (χ2v) is 5.48. The zero-order valence-electron chi connectivity index (χ0n) is 11.8. The van der Waals surface area contributed by atoms with E-state index in [9.17, 15) is 9.90 Å². The molecule has 1 aromatic rings. The highest BCUT2D eigenvalue weighted by Gasteiger charge is 2.19. The quantitative estimate of drug-likeness (QED) is 0.842. The number of pyridine rings is 1. The average Bonchev–Trinajstić information content (AvgIpc) is 2.25. The zero-order chi connectivity index (χ0) is 13.9. The fraction of sp³-hybridized carbons (Fsp3) is 0.571. The summed E-state index contributed by atoms with van der Waals surface area (Å²) in [5, 5.41) is 12.4. The molecule has 0 amide bonds. The molecule has 0 saturated carbocycles. The van der Waals surface area contributed by atoms with Crippen molar-refractivity contribution in [2.24, 2.45) is 5.41 Å². The van der Waals surface area contributed by atoms with Crippen molar-refractivity contribution in [3.05, 3.63) is 22.9 Å². The van der Waals surface area contributed by atoms with Crippen LogP contribution >= 0.6 is 0 Å². The van der Waals surface area contributed by atoms with Crippen molar-refractivity contribution in [3.8, 4) is 0 Å². The summed E-state index contributed by atoms with van der Waals surface area (Å²) >= 11 is 0. The monoisotopic (exact) mass is 250 g/mol. The Bertz CT molecular complexity index is 453. The van der Waals surface area contributed by atoms with Crippen molar-refractivity contribution in [1.82, 2.24) is 4.98 Å². The van der Waals surface area contributed by atoms with Crippen molar-refractivity contribution in [2.75, 3.05) is 11.9 Å². The highest BCUT2D eigenvalue weighted by Crippen LogP contribution is 2.23. The van der Waals surface area contributed by atoms with E-state index in [0.717, 1.165) is 17.7 Å². The number of aromatic nitrogens is 1. The number of anilines is 1. The zero-order valence-corrected chi connectivity index (χ0v) is 11.8. The number of aromatic carboxylic acids is 1. The second kappa shape index (κ2) is 5.38. The fourth-order valence-electron chi connectivity index (χ4n) is 1.68. The standard InChI is InChI=1S/C14H22N2O2/c1-6-14(4,5)8-15-12-11(13(17)18)9(2)7-10(3)16-12/h7H,6,8H2,1-5H3,(H,15,16)(H,17,18). The lowest BCUT2D eigenvalue weighted by molar-refractivity contribution is 0.0696. The van der Waals surface area contributed by atoms with Crippen molar-refractivity contribution >= 4 is 11.8 Å². The third-order valence-corrected chi connectivity index (χ3v) is 3.25. The Morgan fingerprint density at radius 1 is 1.44 bits per heavy atom. The van der Waals surface area contributed by atoms with Crippen molar-refractivity contribution in [1.29, 1.82) is 0 Å². The van der Waals surface area contributed by atoms with Crippen LogP contribution in [0.4, 0.5) is 5.82 Å². The first-order chi connectivity index (χ1) is 8.26. The first kappa shape index (κ1) is 14.5. The van der Waals surface area contributed by atoms with Gasteiger partial charge in [-0.15, -0.1) is 0 Å². The molecule has 2 N–H and O–H groups in total. The molecule has 0 fully saturated rings. The first-order valence-electron chi connectivity index (χ1n) is 6.22. The van der Waals surface area contributed by atoms with E-state index >= 15 is 0 Å². The topological polar surface area (TPSA) is 62.2 Å². The summed E-state index contributed by atoms with van der Waals surface area (Å²) < 4.78 is 0. The van der Waals surface area contributed by atoms with Crippen LogP contribution in [0.5, 0.6) is 0 Å². The molecule has 1 rings (SSSR count). The van der Waals surface area contributed by atoms with Gasteiger partial charge in [0, 0.05) is 12.2 Å². The average molecular weight is 250 g/mol. The van der Waals surface area contributed by atoms with Crippen LogP contribution in [0.1, 0.15) is 48.8 Å². The second-order valence-electron chi connectivity index (χ2n) is 5.48. The molecule has 1 heterocycles. The maximum Gasteiger partial charge on any atom is 0.339 e. The predicted octanol–water partition coefficient (Wildman–Crippen LogP) is 3.24. The van der Waals surface area contributed by atoms with Crippen LogP contribution in [0, 0.1) is 19.3 Å². The number of nitrogens with zero attached hydrogens (tertiary/aromatic N) is 1. The molecule has 0 atom stereocenters. The Morgan fingerprint density at radius 2 is 2.06 bits per heavy atom. The maximum atomic E-state index is 11.3. The minimum Gasteiger partial charge on any atom is -0.478 e. The Labute approximate surface area is 108 Å². The van der Waals surface area contributed by atoms with Gasteiger partial charge in [-0.25, -0.2) is 9.78 Å². The molecule has 0 aliphatic rings. The van der Waals surface area contributed by atoms with Gasteiger partial charge in [-0.05, 0) is 37.3 Å². The SMILES string of the molecule is CCC(C)(C)CNc1nc(C)cc(C)c1C(=O)O. The summed E-state index contributed by atoms with van der Waals surface area (Å²) in [6.45, 7) is 10.8. The molecule has 0 spiro atoms. The van der Waals surface area contributed by atoms with Crippen LogP contribution in [0.3, 0.4) is 0 Å². The van der Waals surface area contributed by atoms with Gasteiger partial charge in [-0.2, -0.15) is 0 Å². The molecule has 0 aliphatic carbocycles. The van der Waals surface area contributed by atoms with E-state index in [1.165, 1.54) is 0 Å². The fourth-order valence-corrected chi connectivity index (χ4v) is 1.68. The number of carboxylic acid groups (broad SMARTS) is 1. The van der Waals surface area contributed by atoms with Crippen LogP contribution in [0.25, 0.3) is 0 Å². The van der Waals surface area contributed by atoms with Gasteiger partial charge in [0.25, 0.3) is 0 Å². The summed E-state index contributed by atoms with van der Waals surface area (Å²) in [6.07, 6.45) is 1.02. The lowest BCUT2D eigenvalue weighted by Crippen LogP contribution is -2.24. The maximum absolute atomic E-state index is 11.3. The number of aryl methyl sites for hydroxylation is 2. The Hall–Kier alpha value is -1.58. The number of carbonyl (C=O) groups is 1. The van der Waals surface area contributed by atoms with Crippen molar-refractivity contribution in [3.63, 3.8) is 0 Å². The highest BCUT2D eigenvalue weighted by atomic mass is 16.4. The van der Waals surface area contributed by atoms with Gasteiger partial charge in [0.05, 0.1) is 0 Å². The van der Waals surface area contributed by atoms with Gasteiger partial charge in [-0.1, -0.05) is 20.8 Å². The third-order valence-electron chi connectivity index (χ3n) is 3.25. The van der Waals surface area contributed by atoms with Crippen LogP contribution < -0.4 is 5.32 Å². The summed E-state index contributed by atoms with van der Waals surface area (Å²) in [6, 6.07) is 1.79. The first-order valence-corrected chi connectivity index (χ1v) is 6.22. The predicted molar refractivity (Wildman–Crippen MR) is 73.2 cm³/mol. The number of nitrogens with one attached hydrogen (secondary N) is 1. The smallest absolute Gasteiger partial charge is 0.339 e. The van der Waals surface area contributed by atoms with E-state index in [-0.39, 0.29) is 11.0 Å². The molecular weight excluding hydrogens is 228 g/mol. The van der Waals surface area contributed by atoms with Gasteiger partial charge in [0.1, 0.15) is 11.4 Å². The molecule has 0 bridgehead atoms. The normalized spacial score (nSPS) is 11.4. The van der Waals surface area contributed by atoms with E-state index in [2.05, 4.69) is 31.1 Å². The molecule has 0 saturated heterocycles. The molecular formula is C14H22N2O2. The van der Waals surface area contributed by atoms with E-state index < -0.39 is 5.97 Å². The van der Waals surface area contributed by atoms with Gasteiger partial charge in [-0.3, -0.25) is 0 Å². The Morgan fingerprint density at radius 3 is 2.56 bits per heavy atom. The summed E-state index contributed by atoms with van der Waals surface area (Å²) in [4.78, 5) is 15.6. The van der Waals surface area contributed by atoms with Gasteiger partial charge in [0.15, 0.2) is 0 Å². The van der Waals surface area contributed by atoms with Crippen LogP contribution in [-0.2, 0) is 0 Å². The molecule has 1 aromatic heterocycles. The number of hydrogen-bond donors (Lipinski definition) is 2. The lowest BCUT2D eigenvalue weighted by atomic mass is 9.90. The van der Waals surface area contributed by atoms with Crippen molar-refractivity contribution in [2.45, 2.75) is 41.0 Å². The molecule has 0 unspecified atom stereocenters. The minimum atomic E-state index is -0.934. The molecule has 0 radical (unpaired) electrons. The lowest BCUT2D eigenvalue weighted by Gasteiger charge is -2.24. The number of carboxylic acids is 1. The van der Waals surface area contributed by atoms with Crippen LogP contribution in [0.15, 0.2) is 6.07 Å². The summed E-state index contributed by atoms with van der Waals surface area (Å²) in [7, 11) is 0. The van der Waals surface area contributed by atoms with E-state index in [4.69, 9.17) is 0 Å². The highest BCUT2D eigenvalue weighted by molar-refractivity contribution is 5.94. The molecule has 4 nitrogen and oxygen atoms in total. The van der Waals surface area contributed by atoms with Crippen LogP contribution in [0.2, 0.25) is 0 Å². The summed E-state index contributed by atoms with van der Waals surface area (Å²) in [5.41, 5.74) is 1.96. The summed E-state index contributed by atoms with van der Waals surface area (Å²) in [5.74, 6) is -0.460. The van der Waals surface area contributed by atoms with Gasteiger partial charge < -0.3 is 10.4 Å². The van der Waals surface area contributed by atoms with E-state index in [1.54, 1.807) is 13.0 Å². The molecule has 0 aliphatic heterocycles. The largest absolute Gasteiger partial charge is 0.478 e. The molecule has 0 aromatic carbocycles. The third kappa shape index (κ3) is 3.45. The Balaban J connectivity index is 3.04. The van der Waals surface area contributed by atoms with Gasteiger partial charge >= 0.3 is 5.97 Å². The molecule has 4 heteroatoms. The van der Waals surface area contributed by atoms with Crippen molar-refractivity contribution < 1.29 is 9.90 Å². The molecule has 100 valence electrons. The number of rotatable bonds is 5. The Kier molecular flexibility index (Phi) is 4.33. The van der Waals surface area contributed by atoms with E-state index in [0.29, 0.717) is 12.4 Å². The van der Waals surface area contributed by atoms with E-state index in [1.807, 2.05) is 6.92 Å². The number of hydrogen-bond acceptors (Lipinski definition) is 3. The van der Waals surface area contributed by atoms with Gasteiger partial charge in [0.2, 0.25) is 0 Å². The minimum absolute atomic E-state index is 0.120. The van der Waals surface area contributed by atoms with Crippen LogP contribution in [-0.4, -0.2) is 22.6 Å². The molecule has 18 heavy (non-hydrogen) atoms.